The summed E-state index contributed by atoms with van der Waals surface area (Å²) in [6.07, 6.45) is 4.11. The van der Waals surface area contributed by atoms with Crippen LogP contribution in [0.1, 0.15) is 25.8 Å². The molecule has 0 fully saturated rings. The van der Waals surface area contributed by atoms with Crippen LogP contribution in [-0.4, -0.2) is 21.9 Å². The van der Waals surface area contributed by atoms with Crippen LogP contribution in [-0.2, 0) is 15.8 Å². The third-order valence-electron chi connectivity index (χ3n) is 4.24. The number of nitrogens with zero attached hydrogens (tertiary/aromatic N) is 2. The number of hydrogen-bond acceptors (Lipinski definition) is 5. The van der Waals surface area contributed by atoms with Crippen LogP contribution in [0.2, 0.25) is 0 Å². The van der Waals surface area contributed by atoms with Gasteiger partial charge in [-0.25, -0.2) is 14.0 Å². The van der Waals surface area contributed by atoms with E-state index in [2.05, 4.69) is 15.1 Å². The molecule has 0 bridgehead atoms. The monoisotopic (exact) mass is 488 g/mol. The fourth-order valence-corrected chi connectivity index (χ4v) is 5.01. The van der Waals surface area contributed by atoms with Crippen molar-refractivity contribution in [2.75, 3.05) is 10.3 Å². The lowest BCUT2D eigenvalue weighted by Gasteiger charge is -2.17. The smallest absolute Gasteiger partial charge is 0.307 e. The number of carbonyl (C=O) groups is 2. The highest BCUT2D eigenvalue weighted by Gasteiger charge is 2.16. The maximum absolute atomic E-state index is 12.3. The van der Waals surface area contributed by atoms with Crippen molar-refractivity contribution in [2.45, 2.75) is 20.3 Å². The van der Waals surface area contributed by atoms with Gasteiger partial charge in [-0.2, -0.15) is 5.10 Å². The summed E-state index contributed by atoms with van der Waals surface area (Å²) in [5.74, 6) is -0.250. The molecule has 0 radical (unpaired) electrons. The Morgan fingerprint density at radius 2 is 1.75 bits per heavy atom. The lowest BCUT2D eigenvalue weighted by Crippen LogP contribution is -2.30. The second kappa shape index (κ2) is 11.1. The molecule has 2 N–H and O–H groups in total. The zero-order valence-electron chi connectivity index (χ0n) is 17.4. The van der Waals surface area contributed by atoms with Gasteiger partial charge in [-0.1, -0.05) is 65.8 Å². The van der Waals surface area contributed by atoms with Crippen molar-refractivity contribution in [1.82, 2.24) is 4.72 Å². The van der Waals surface area contributed by atoms with Gasteiger partial charge in [0.05, 0.1) is 20.0 Å². The molecule has 0 saturated heterocycles. The van der Waals surface area contributed by atoms with Crippen LogP contribution in [0.15, 0.2) is 80.5 Å². The van der Waals surface area contributed by atoms with Crippen molar-refractivity contribution in [2.24, 2.45) is 5.10 Å². The van der Waals surface area contributed by atoms with Gasteiger partial charge in [-0.3, -0.25) is 9.52 Å². The number of allylic oxidation sites excluding steroid dienone is 2. The van der Waals surface area contributed by atoms with Crippen molar-refractivity contribution in [3.63, 3.8) is 0 Å². The minimum Gasteiger partial charge on any atom is -0.307 e. The maximum atomic E-state index is 12.3. The highest BCUT2D eigenvalue weighted by Crippen LogP contribution is 2.34. The van der Waals surface area contributed by atoms with Crippen LogP contribution in [0.4, 0.5) is 16.2 Å². The third kappa shape index (κ3) is 6.56. The van der Waals surface area contributed by atoms with Crippen molar-refractivity contribution < 1.29 is 13.8 Å². The van der Waals surface area contributed by atoms with E-state index in [1.54, 1.807) is 36.4 Å². The van der Waals surface area contributed by atoms with Crippen LogP contribution >= 0.6 is 23.4 Å². The second-order valence-corrected chi connectivity index (χ2v) is 9.78. The van der Waals surface area contributed by atoms with Gasteiger partial charge in [0.15, 0.2) is 11.0 Å². The Kier molecular flexibility index (Phi) is 8.26. The fraction of sp³-hybridized carbons (Fsp3) is 0.136. The first-order chi connectivity index (χ1) is 15.3. The molecular weight excluding hydrogens is 468 g/mol. The molecule has 2 aromatic carbocycles. The van der Waals surface area contributed by atoms with Crippen molar-refractivity contribution in [3.8, 4) is 0 Å². The highest BCUT2D eigenvalue weighted by molar-refractivity contribution is 8.19. The Balaban J connectivity index is 1.65. The Morgan fingerprint density at radius 1 is 1.06 bits per heavy atom. The third-order valence-corrected chi connectivity index (χ3v) is 6.96. The standard InChI is InChI=1S/C22H21ClN4O3S2/c1-15(17-7-4-3-5-8-17)25-27(16(2)28)19-13-11-18(12-14-19)24-22(29)26-32(30)21-10-6-9-20(23)31-21/h3-5,7-14H,6H2,1-2H3,(H2,24,26,29)/b25-15+. The van der Waals surface area contributed by atoms with E-state index >= 15 is 0 Å². The van der Waals surface area contributed by atoms with E-state index in [0.717, 1.165) is 17.3 Å². The average Bonchev–Trinajstić information content (AvgIpc) is 2.78. The largest absolute Gasteiger partial charge is 0.331 e. The summed E-state index contributed by atoms with van der Waals surface area (Å²) in [5.41, 5.74) is 2.62. The Bertz CT molecular complexity index is 1120. The van der Waals surface area contributed by atoms with Crippen LogP contribution < -0.4 is 15.0 Å². The van der Waals surface area contributed by atoms with Gasteiger partial charge < -0.3 is 5.32 Å². The number of urea groups is 1. The minimum atomic E-state index is -1.71. The van der Waals surface area contributed by atoms with E-state index in [4.69, 9.17) is 11.6 Å². The summed E-state index contributed by atoms with van der Waals surface area (Å²) in [5, 5.41) is 8.36. The number of hydrogen-bond donors (Lipinski definition) is 2. The number of amides is 3. The van der Waals surface area contributed by atoms with E-state index in [9.17, 15) is 13.8 Å². The molecule has 2 aromatic rings. The Labute approximate surface area is 198 Å². The lowest BCUT2D eigenvalue weighted by atomic mass is 10.1. The summed E-state index contributed by atoms with van der Waals surface area (Å²) < 4.78 is 15.7. The van der Waals surface area contributed by atoms with Gasteiger partial charge >= 0.3 is 6.03 Å². The van der Waals surface area contributed by atoms with Crippen molar-refractivity contribution >= 4 is 63.4 Å². The lowest BCUT2D eigenvalue weighted by molar-refractivity contribution is -0.116. The Hall–Kier alpha value is -2.88. The molecule has 32 heavy (non-hydrogen) atoms. The summed E-state index contributed by atoms with van der Waals surface area (Å²) in [4.78, 5) is 24.3. The molecule has 3 rings (SSSR count). The SMILES string of the molecule is CC(=O)N(/N=C(\C)c1ccccc1)c1ccc(NC(=O)NS(=O)C2=CCC=C(Cl)S2)cc1. The van der Waals surface area contributed by atoms with Crippen LogP contribution in [0.3, 0.4) is 0 Å². The summed E-state index contributed by atoms with van der Waals surface area (Å²) in [6.45, 7) is 3.25. The van der Waals surface area contributed by atoms with Gasteiger partial charge in [0.2, 0.25) is 5.91 Å². The number of benzene rings is 2. The molecule has 1 unspecified atom stereocenters. The van der Waals surface area contributed by atoms with E-state index in [-0.39, 0.29) is 5.91 Å². The average molecular weight is 489 g/mol. The molecule has 1 heterocycles. The fourth-order valence-electron chi connectivity index (χ4n) is 2.71. The second-order valence-electron chi connectivity index (χ2n) is 6.62. The summed E-state index contributed by atoms with van der Waals surface area (Å²) in [6, 6.07) is 15.5. The highest BCUT2D eigenvalue weighted by atomic mass is 35.5. The molecule has 0 spiro atoms. The molecule has 1 aliphatic heterocycles. The quantitative estimate of drug-likeness (QED) is 0.426. The first-order valence-corrected chi connectivity index (χ1v) is 11.9. The number of hydrazone groups is 1. The topological polar surface area (TPSA) is 90.9 Å². The minimum absolute atomic E-state index is 0.250. The van der Waals surface area contributed by atoms with Gasteiger partial charge in [-0.05, 0) is 43.2 Å². The van der Waals surface area contributed by atoms with E-state index < -0.39 is 17.0 Å². The first kappa shape index (κ1) is 23.8. The summed E-state index contributed by atoms with van der Waals surface area (Å²) in [7, 11) is -1.71. The van der Waals surface area contributed by atoms with Crippen molar-refractivity contribution in [3.05, 3.63) is 80.9 Å². The molecule has 0 saturated carbocycles. The van der Waals surface area contributed by atoms with Crippen molar-refractivity contribution in [1.29, 1.82) is 0 Å². The van der Waals surface area contributed by atoms with Crippen LogP contribution in [0.25, 0.3) is 0 Å². The number of rotatable bonds is 6. The van der Waals surface area contributed by atoms with E-state index in [1.165, 1.54) is 11.9 Å². The molecule has 166 valence electrons. The zero-order valence-corrected chi connectivity index (χ0v) is 19.8. The van der Waals surface area contributed by atoms with Gasteiger partial charge in [0.1, 0.15) is 0 Å². The van der Waals surface area contributed by atoms with Gasteiger partial charge in [-0.15, -0.1) is 0 Å². The summed E-state index contributed by atoms with van der Waals surface area (Å²) >= 11 is 7.08. The van der Waals surface area contributed by atoms with Gasteiger partial charge in [0.25, 0.3) is 0 Å². The predicted molar refractivity (Wildman–Crippen MR) is 133 cm³/mol. The number of anilines is 2. The molecule has 1 atom stereocenters. The predicted octanol–water partition coefficient (Wildman–Crippen LogP) is 5.31. The molecule has 1 aliphatic rings. The van der Waals surface area contributed by atoms with E-state index in [1.807, 2.05) is 37.3 Å². The number of nitrogens with one attached hydrogen (secondary N) is 2. The van der Waals surface area contributed by atoms with Gasteiger partial charge in [0, 0.05) is 12.6 Å². The molecule has 7 nitrogen and oxygen atoms in total. The van der Waals surface area contributed by atoms with Crippen LogP contribution in [0.5, 0.6) is 0 Å². The first-order valence-electron chi connectivity index (χ1n) is 9.58. The molecule has 0 aromatic heterocycles. The molecule has 3 amide bonds. The Morgan fingerprint density at radius 3 is 2.38 bits per heavy atom. The molecule has 10 heteroatoms. The zero-order chi connectivity index (χ0) is 23.1. The number of thioether (sulfide) groups is 1. The molecule has 0 aliphatic carbocycles. The maximum Gasteiger partial charge on any atom is 0.331 e. The molecular formula is C22H21ClN4O3S2. The number of halogens is 1. The number of carbonyl (C=O) groups excluding carboxylic acids is 2. The normalized spacial score (nSPS) is 14.7. The van der Waals surface area contributed by atoms with Crippen LogP contribution in [0, 0.1) is 0 Å². The van der Waals surface area contributed by atoms with E-state index in [0.29, 0.717) is 32.1 Å².